The van der Waals surface area contributed by atoms with Gasteiger partial charge in [-0.05, 0) is 64.7 Å². The van der Waals surface area contributed by atoms with Crippen LogP contribution in [0.4, 0.5) is 0 Å². The molecular weight excluding hydrogens is 364 g/mol. The fourth-order valence-electron chi connectivity index (χ4n) is 2.95. The minimum Gasteiger partial charge on any atom is -0.437 e. The second-order valence-electron chi connectivity index (χ2n) is 8.56. The molecule has 0 aromatic heterocycles. The van der Waals surface area contributed by atoms with E-state index in [-0.39, 0.29) is 17.6 Å². The third-order valence-corrected chi connectivity index (χ3v) is 14.7. The Balaban J connectivity index is 2.48. The normalized spacial score (nSPS) is 22.5. The average Bonchev–Trinajstić information content (AvgIpc) is 2.59. The summed E-state index contributed by atoms with van der Waals surface area (Å²) in [6.07, 6.45) is 1.38. The Hall–Kier alpha value is 0.481. The minimum atomic E-state index is -2.86. The standard InChI is InChI=1S/C14H34O5SSi3/c1-21(2,3)18-23(7,19-22(4,5)6)12-8-10-17-14-9-11-20(15,16)13-14/h14H,8-13H2,1-7H3/t14-/m0/s1. The molecule has 0 aromatic carbocycles. The van der Waals surface area contributed by atoms with E-state index in [4.69, 9.17) is 13.0 Å². The van der Waals surface area contributed by atoms with Crippen molar-refractivity contribution >= 4 is 35.0 Å². The molecule has 0 aromatic rings. The fourth-order valence-corrected chi connectivity index (χ4v) is 17.1. The summed E-state index contributed by atoms with van der Waals surface area (Å²) in [6, 6.07) is 0.904. The molecular formula is C14H34O5SSi3. The third kappa shape index (κ3) is 9.52. The molecule has 1 rings (SSSR count). The van der Waals surface area contributed by atoms with E-state index in [9.17, 15) is 8.42 Å². The van der Waals surface area contributed by atoms with Crippen molar-refractivity contribution in [3.05, 3.63) is 0 Å². The molecule has 23 heavy (non-hydrogen) atoms. The first-order valence-corrected chi connectivity index (χ1v) is 19.6. The molecule has 0 amide bonds. The smallest absolute Gasteiger partial charge is 0.314 e. The predicted molar refractivity (Wildman–Crippen MR) is 103 cm³/mol. The lowest BCUT2D eigenvalue weighted by Gasteiger charge is -2.38. The Bertz CT molecular complexity index is 466. The summed E-state index contributed by atoms with van der Waals surface area (Å²) in [4.78, 5) is 0. The minimum absolute atomic E-state index is 0.122. The quantitative estimate of drug-likeness (QED) is 0.440. The topological polar surface area (TPSA) is 61.8 Å². The van der Waals surface area contributed by atoms with Gasteiger partial charge in [-0.15, -0.1) is 0 Å². The predicted octanol–water partition coefficient (Wildman–Crippen LogP) is 3.36. The zero-order valence-electron chi connectivity index (χ0n) is 15.8. The van der Waals surface area contributed by atoms with E-state index in [2.05, 4.69) is 45.8 Å². The SMILES string of the molecule is C[Si](C)(C)O[Si](C)(CCCO[C@H]1CCS(=O)(=O)C1)O[Si](C)(C)C. The van der Waals surface area contributed by atoms with Gasteiger partial charge in [0, 0.05) is 6.61 Å². The van der Waals surface area contributed by atoms with Crippen molar-refractivity contribution in [2.45, 2.75) is 70.8 Å². The van der Waals surface area contributed by atoms with Gasteiger partial charge in [-0.1, -0.05) is 0 Å². The van der Waals surface area contributed by atoms with Gasteiger partial charge < -0.3 is 13.0 Å². The van der Waals surface area contributed by atoms with Crippen LogP contribution < -0.4 is 0 Å². The molecule has 138 valence electrons. The van der Waals surface area contributed by atoms with E-state index in [0.29, 0.717) is 13.0 Å². The monoisotopic (exact) mass is 398 g/mol. The highest BCUT2D eigenvalue weighted by Gasteiger charge is 2.39. The summed E-state index contributed by atoms with van der Waals surface area (Å²) in [6.45, 7) is 16.0. The molecule has 0 N–H and O–H groups in total. The average molecular weight is 399 g/mol. The van der Waals surface area contributed by atoms with Gasteiger partial charge in [-0.25, -0.2) is 8.42 Å². The Morgan fingerprint density at radius 1 is 0.957 bits per heavy atom. The molecule has 1 fully saturated rings. The lowest BCUT2D eigenvalue weighted by Crippen LogP contribution is -2.52. The molecule has 0 saturated carbocycles. The molecule has 0 aliphatic carbocycles. The summed E-state index contributed by atoms with van der Waals surface area (Å²) in [5.74, 6) is 0.445. The maximum Gasteiger partial charge on any atom is 0.314 e. The van der Waals surface area contributed by atoms with Crippen molar-refractivity contribution < 1.29 is 21.4 Å². The van der Waals surface area contributed by atoms with Crippen LogP contribution in [0.2, 0.25) is 51.9 Å². The van der Waals surface area contributed by atoms with Crippen LogP contribution in [0.25, 0.3) is 0 Å². The molecule has 9 heteroatoms. The van der Waals surface area contributed by atoms with Crippen LogP contribution in [-0.2, 0) is 22.8 Å². The van der Waals surface area contributed by atoms with Gasteiger partial charge in [0.2, 0.25) is 0 Å². The van der Waals surface area contributed by atoms with Gasteiger partial charge in [-0.3, -0.25) is 0 Å². The summed E-state index contributed by atoms with van der Waals surface area (Å²) in [7, 11) is -8.38. The molecule has 0 spiro atoms. The Morgan fingerprint density at radius 3 is 1.87 bits per heavy atom. The van der Waals surface area contributed by atoms with E-state index in [1.165, 1.54) is 0 Å². The highest BCUT2D eigenvalue weighted by atomic mass is 32.2. The molecule has 1 heterocycles. The number of ether oxygens (including phenoxy) is 1. The van der Waals surface area contributed by atoms with Crippen molar-refractivity contribution in [3.63, 3.8) is 0 Å². The maximum absolute atomic E-state index is 11.4. The molecule has 1 aliphatic heterocycles. The van der Waals surface area contributed by atoms with Gasteiger partial charge in [0.05, 0.1) is 17.6 Å². The van der Waals surface area contributed by atoms with E-state index in [1.807, 2.05) is 0 Å². The Morgan fingerprint density at radius 2 is 1.48 bits per heavy atom. The second-order valence-corrected chi connectivity index (χ2v) is 23.6. The second kappa shape index (κ2) is 7.79. The summed E-state index contributed by atoms with van der Waals surface area (Å²) in [5, 5.41) is 0. The van der Waals surface area contributed by atoms with Gasteiger partial charge in [0.25, 0.3) is 0 Å². The van der Waals surface area contributed by atoms with Crippen LogP contribution in [0, 0.1) is 0 Å². The van der Waals surface area contributed by atoms with Crippen molar-refractivity contribution in [2.24, 2.45) is 0 Å². The van der Waals surface area contributed by atoms with Crippen molar-refractivity contribution in [1.29, 1.82) is 0 Å². The van der Waals surface area contributed by atoms with E-state index in [1.54, 1.807) is 0 Å². The maximum atomic E-state index is 11.4. The fraction of sp³-hybridized carbons (Fsp3) is 1.00. The number of hydrogen-bond donors (Lipinski definition) is 0. The largest absolute Gasteiger partial charge is 0.437 e. The van der Waals surface area contributed by atoms with Crippen LogP contribution in [0.1, 0.15) is 12.8 Å². The first-order chi connectivity index (χ1) is 10.2. The van der Waals surface area contributed by atoms with Crippen molar-refractivity contribution in [3.8, 4) is 0 Å². The molecule has 0 bridgehead atoms. The first kappa shape index (κ1) is 21.5. The number of hydrogen-bond acceptors (Lipinski definition) is 5. The van der Waals surface area contributed by atoms with Crippen LogP contribution >= 0.6 is 0 Å². The Kier molecular flexibility index (Phi) is 7.29. The zero-order valence-corrected chi connectivity index (χ0v) is 19.6. The third-order valence-electron chi connectivity index (χ3n) is 3.36. The van der Waals surface area contributed by atoms with E-state index < -0.39 is 35.0 Å². The molecule has 0 unspecified atom stereocenters. The molecule has 5 nitrogen and oxygen atoms in total. The first-order valence-electron chi connectivity index (χ1n) is 8.42. The van der Waals surface area contributed by atoms with Gasteiger partial charge >= 0.3 is 8.56 Å². The summed E-state index contributed by atoms with van der Waals surface area (Å²) in [5.41, 5.74) is 0. The van der Waals surface area contributed by atoms with Crippen molar-refractivity contribution in [1.82, 2.24) is 0 Å². The highest BCUT2D eigenvalue weighted by molar-refractivity contribution is 7.91. The Labute approximate surface area is 145 Å². The van der Waals surface area contributed by atoms with Crippen LogP contribution in [0.15, 0.2) is 0 Å². The van der Waals surface area contributed by atoms with Crippen LogP contribution in [0.3, 0.4) is 0 Å². The lowest BCUT2D eigenvalue weighted by atomic mass is 10.3. The van der Waals surface area contributed by atoms with E-state index in [0.717, 1.165) is 12.5 Å². The van der Waals surface area contributed by atoms with Gasteiger partial charge in [-0.2, -0.15) is 0 Å². The summed E-state index contributed by atoms with van der Waals surface area (Å²) >= 11 is 0. The highest BCUT2D eigenvalue weighted by Crippen LogP contribution is 2.25. The van der Waals surface area contributed by atoms with Crippen molar-refractivity contribution in [2.75, 3.05) is 18.1 Å². The van der Waals surface area contributed by atoms with Crippen LogP contribution in [-0.4, -0.2) is 57.8 Å². The van der Waals surface area contributed by atoms with Gasteiger partial charge in [0.15, 0.2) is 26.5 Å². The molecule has 1 saturated heterocycles. The molecule has 1 atom stereocenters. The molecule has 0 radical (unpaired) electrons. The van der Waals surface area contributed by atoms with Crippen LogP contribution in [0.5, 0.6) is 0 Å². The lowest BCUT2D eigenvalue weighted by molar-refractivity contribution is 0.0705. The number of sulfone groups is 1. The summed E-state index contributed by atoms with van der Waals surface area (Å²) < 4.78 is 41.5. The zero-order chi connectivity index (χ0) is 17.9. The van der Waals surface area contributed by atoms with E-state index >= 15 is 0 Å². The number of rotatable bonds is 9. The molecule has 1 aliphatic rings. The van der Waals surface area contributed by atoms with Gasteiger partial charge in [0.1, 0.15) is 0 Å².